The second kappa shape index (κ2) is 3.76. The number of thioether (sulfide) groups is 1. The lowest BCUT2D eigenvalue weighted by Gasteiger charge is -2.05. The van der Waals surface area contributed by atoms with Gasteiger partial charge in [0.2, 0.25) is 0 Å². The highest BCUT2D eigenvalue weighted by atomic mass is 32.2. The van der Waals surface area contributed by atoms with Gasteiger partial charge in [0.1, 0.15) is 6.61 Å². The fraction of sp³-hybridized carbons (Fsp3) is 0.714. The van der Waals surface area contributed by atoms with Crippen LogP contribution in [0.1, 0.15) is 19.8 Å². The quantitative estimate of drug-likeness (QED) is 0.585. The largest absolute Gasteiger partial charge is 0.465 e. The molecule has 0 aromatic rings. The summed E-state index contributed by atoms with van der Waals surface area (Å²) in [5.74, 6) is -0.273. The van der Waals surface area contributed by atoms with Crippen molar-refractivity contribution in [2.45, 2.75) is 25.0 Å². The number of hydrogen-bond acceptors (Lipinski definition) is 4. The third-order valence-corrected chi connectivity index (χ3v) is 2.61. The predicted molar refractivity (Wildman–Crippen MR) is 42.3 cm³/mol. The molecule has 3 nitrogen and oxygen atoms in total. The molecule has 0 bridgehead atoms. The molecule has 62 valence electrons. The summed E-state index contributed by atoms with van der Waals surface area (Å²) >= 11 is 1.29. The zero-order valence-corrected chi connectivity index (χ0v) is 7.15. The van der Waals surface area contributed by atoms with Gasteiger partial charge in [-0.2, -0.15) is 0 Å². The van der Waals surface area contributed by atoms with Gasteiger partial charge >= 0.3 is 5.97 Å². The van der Waals surface area contributed by atoms with Gasteiger partial charge in [-0.15, -0.1) is 0 Å². The highest BCUT2D eigenvalue weighted by Crippen LogP contribution is 2.27. The van der Waals surface area contributed by atoms with Crippen LogP contribution < -0.4 is 0 Å². The Kier molecular flexibility index (Phi) is 2.93. The lowest BCUT2D eigenvalue weighted by atomic mass is 10.3. The van der Waals surface area contributed by atoms with Crippen LogP contribution in [0.25, 0.3) is 0 Å². The van der Waals surface area contributed by atoms with Crippen molar-refractivity contribution >= 4 is 22.8 Å². The standard InChI is InChI=1S/C7H10O3S/c1-5(8)10-4-6-2-3-7(9)11-6/h6H,2-4H2,1H3/t6-/m1/s1. The molecule has 1 aliphatic heterocycles. The number of ether oxygens (including phenoxy) is 1. The van der Waals surface area contributed by atoms with Crippen molar-refractivity contribution in [3.8, 4) is 0 Å². The average molecular weight is 174 g/mol. The smallest absolute Gasteiger partial charge is 0.302 e. The van der Waals surface area contributed by atoms with E-state index in [1.165, 1.54) is 18.7 Å². The van der Waals surface area contributed by atoms with Gasteiger partial charge in [0, 0.05) is 18.6 Å². The molecule has 1 aliphatic rings. The highest BCUT2D eigenvalue weighted by molar-refractivity contribution is 8.14. The van der Waals surface area contributed by atoms with E-state index in [4.69, 9.17) is 4.74 Å². The number of carbonyl (C=O) groups is 2. The maximum atomic E-state index is 10.7. The number of rotatable bonds is 2. The Morgan fingerprint density at radius 1 is 1.82 bits per heavy atom. The van der Waals surface area contributed by atoms with Crippen LogP contribution in [0.3, 0.4) is 0 Å². The summed E-state index contributed by atoms with van der Waals surface area (Å²) in [6, 6.07) is 0. The fourth-order valence-electron chi connectivity index (χ4n) is 0.910. The zero-order valence-electron chi connectivity index (χ0n) is 6.33. The molecule has 11 heavy (non-hydrogen) atoms. The van der Waals surface area contributed by atoms with E-state index in [1.807, 2.05) is 0 Å². The molecule has 0 saturated carbocycles. The van der Waals surface area contributed by atoms with Gasteiger partial charge in [0.25, 0.3) is 0 Å². The normalized spacial score (nSPS) is 23.7. The van der Waals surface area contributed by atoms with Crippen molar-refractivity contribution < 1.29 is 14.3 Å². The molecule has 0 aliphatic carbocycles. The second-order valence-electron chi connectivity index (χ2n) is 2.45. The Hall–Kier alpha value is -0.510. The third kappa shape index (κ3) is 2.93. The molecule has 1 fully saturated rings. The summed E-state index contributed by atoms with van der Waals surface area (Å²) in [7, 11) is 0. The minimum Gasteiger partial charge on any atom is -0.465 e. The molecule has 0 radical (unpaired) electrons. The van der Waals surface area contributed by atoms with Gasteiger partial charge in [-0.05, 0) is 6.42 Å². The third-order valence-electron chi connectivity index (χ3n) is 1.44. The van der Waals surface area contributed by atoms with Crippen LogP contribution in [-0.4, -0.2) is 22.9 Å². The van der Waals surface area contributed by atoms with Gasteiger partial charge in [0.15, 0.2) is 5.12 Å². The van der Waals surface area contributed by atoms with Crippen molar-refractivity contribution in [3.05, 3.63) is 0 Å². The van der Waals surface area contributed by atoms with Crippen LogP contribution in [-0.2, 0) is 14.3 Å². The van der Waals surface area contributed by atoms with Crippen LogP contribution >= 0.6 is 11.8 Å². The Morgan fingerprint density at radius 2 is 2.55 bits per heavy atom. The first-order valence-electron chi connectivity index (χ1n) is 3.51. The van der Waals surface area contributed by atoms with Crippen LogP contribution in [0.5, 0.6) is 0 Å². The molecule has 1 heterocycles. The van der Waals surface area contributed by atoms with Crippen molar-refractivity contribution in [1.82, 2.24) is 0 Å². The molecule has 0 amide bonds. The molecule has 0 unspecified atom stereocenters. The fourth-order valence-corrected chi connectivity index (χ4v) is 1.89. The van der Waals surface area contributed by atoms with E-state index < -0.39 is 0 Å². The van der Waals surface area contributed by atoms with Crippen LogP contribution in [0.2, 0.25) is 0 Å². The van der Waals surface area contributed by atoms with Crippen molar-refractivity contribution in [2.24, 2.45) is 0 Å². The van der Waals surface area contributed by atoms with Crippen molar-refractivity contribution in [2.75, 3.05) is 6.61 Å². The maximum Gasteiger partial charge on any atom is 0.302 e. The molecule has 1 atom stereocenters. The first-order valence-corrected chi connectivity index (χ1v) is 4.39. The van der Waals surface area contributed by atoms with Crippen LogP contribution in [0.4, 0.5) is 0 Å². The highest BCUT2D eigenvalue weighted by Gasteiger charge is 2.23. The second-order valence-corrected chi connectivity index (χ2v) is 3.81. The average Bonchev–Trinajstić information content (AvgIpc) is 2.31. The Bertz CT molecular complexity index is 179. The Morgan fingerprint density at radius 3 is 3.00 bits per heavy atom. The predicted octanol–water partition coefficient (Wildman–Crippen LogP) is 0.972. The minimum atomic E-state index is -0.273. The summed E-state index contributed by atoms with van der Waals surface area (Å²) in [6.07, 6.45) is 1.47. The van der Waals surface area contributed by atoms with Gasteiger partial charge in [-0.25, -0.2) is 0 Å². The van der Waals surface area contributed by atoms with E-state index in [0.717, 1.165) is 6.42 Å². The minimum absolute atomic E-state index is 0.200. The molecule has 0 spiro atoms. The maximum absolute atomic E-state index is 10.7. The zero-order chi connectivity index (χ0) is 8.27. The van der Waals surface area contributed by atoms with Gasteiger partial charge in [0.05, 0.1) is 0 Å². The van der Waals surface area contributed by atoms with E-state index in [0.29, 0.717) is 13.0 Å². The lowest BCUT2D eigenvalue weighted by molar-refractivity contribution is -0.140. The van der Waals surface area contributed by atoms with Gasteiger partial charge in [-0.3, -0.25) is 9.59 Å². The molecule has 0 N–H and O–H groups in total. The van der Waals surface area contributed by atoms with E-state index in [1.54, 1.807) is 0 Å². The van der Waals surface area contributed by atoms with E-state index in [2.05, 4.69) is 0 Å². The summed E-state index contributed by atoms with van der Waals surface area (Å²) in [5, 5.41) is 0.411. The van der Waals surface area contributed by atoms with Gasteiger partial charge in [-0.1, -0.05) is 11.8 Å². The molecule has 4 heteroatoms. The molecular formula is C7H10O3S. The SMILES string of the molecule is CC(=O)OC[C@H]1CCC(=O)S1. The first-order chi connectivity index (χ1) is 5.18. The van der Waals surface area contributed by atoms with Crippen LogP contribution in [0, 0.1) is 0 Å². The first kappa shape index (κ1) is 8.59. The number of hydrogen-bond donors (Lipinski definition) is 0. The van der Waals surface area contributed by atoms with Crippen LogP contribution in [0.15, 0.2) is 0 Å². The molecular weight excluding hydrogens is 164 g/mol. The lowest BCUT2D eigenvalue weighted by Crippen LogP contribution is -2.11. The van der Waals surface area contributed by atoms with E-state index >= 15 is 0 Å². The summed E-state index contributed by atoms with van der Waals surface area (Å²) in [6.45, 7) is 1.76. The summed E-state index contributed by atoms with van der Waals surface area (Å²) < 4.78 is 4.76. The topological polar surface area (TPSA) is 43.4 Å². The summed E-state index contributed by atoms with van der Waals surface area (Å²) in [5.41, 5.74) is 0. The number of esters is 1. The summed E-state index contributed by atoms with van der Waals surface area (Å²) in [4.78, 5) is 21.1. The van der Waals surface area contributed by atoms with Crippen molar-refractivity contribution in [1.29, 1.82) is 0 Å². The Balaban J connectivity index is 2.18. The Labute approximate surface area is 69.5 Å². The molecule has 0 aromatic heterocycles. The monoisotopic (exact) mass is 174 g/mol. The van der Waals surface area contributed by atoms with Gasteiger partial charge < -0.3 is 4.74 Å². The van der Waals surface area contributed by atoms with Crippen molar-refractivity contribution in [3.63, 3.8) is 0 Å². The van der Waals surface area contributed by atoms with E-state index in [-0.39, 0.29) is 16.3 Å². The van der Waals surface area contributed by atoms with E-state index in [9.17, 15) is 9.59 Å². The molecule has 0 aromatic carbocycles. The number of carbonyl (C=O) groups excluding carboxylic acids is 2. The molecule has 1 saturated heterocycles. The molecule has 1 rings (SSSR count).